The van der Waals surface area contributed by atoms with Gasteiger partial charge in [0.1, 0.15) is 11.6 Å². The number of rotatable bonds is 6. The van der Waals surface area contributed by atoms with Gasteiger partial charge in [-0.15, -0.1) is 10.2 Å². The Morgan fingerprint density at radius 1 is 1.23 bits per heavy atom. The van der Waals surface area contributed by atoms with Gasteiger partial charge in [-0.2, -0.15) is 5.26 Å². The molecule has 3 N–H and O–H groups in total. The fourth-order valence-electron chi connectivity index (χ4n) is 4.92. The van der Waals surface area contributed by atoms with Crippen molar-refractivity contribution in [3.63, 3.8) is 0 Å². The number of carbonyl (C=O) groups excluding carboxylic acids is 2. The van der Waals surface area contributed by atoms with Gasteiger partial charge in [0.25, 0.3) is 0 Å². The van der Waals surface area contributed by atoms with Crippen LogP contribution >= 0.6 is 34.7 Å². The number of ketones is 1. The first kappa shape index (κ1) is 27.8. The molecule has 0 fully saturated rings. The highest BCUT2D eigenvalue weighted by Crippen LogP contribution is 2.50. The van der Waals surface area contributed by atoms with Crippen molar-refractivity contribution in [2.75, 3.05) is 16.0 Å². The summed E-state index contributed by atoms with van der Waals surface area (Å²) in [4.78, 5) is 27.7. The van der Waals surface area contributed by atoms with E-state index >= 15 is 0 Å². The van der Waals surface area contributed by atoms with E-state index in [1.807, 2.05) is 26.0 Å². The van der Waals surface area contributed by atoms with E-state index in [4.69, 9.17) is 17.3 Å². The first-order valence-electron chi connectivity index (χ1n) is 12.3. The van der Waals surface area contributed by atoms with Crippen molar-refractivity contribution in [1.29, 1.82) is 5.26 Å². The van der Waals surface area contributed by atoms with Crippen LogP contribution in [-0.4, -0.2) is 27.6 Å². The van der Waals surface area contributed by atoms with Crippen LogP contribution in [0.3, 0.4) is 0 Å². The summed E-state index contributed by atoms with van der Waals surface area (Å²) < 4.78 is 13.6. The lowest BCUT2D eigenvalue weighted by Crippen LogP contribution is -2.42. The largest absolute Gasteiger partial charge is 0.384 e. The molecule has 0 spiro atoms. The summed E-state index contributed by atoms with van der Waals surface area (Å²) in [5.41, 5.74) is 9.02. The van der Waals surface area contributed by atoms with Gasteiger partial charge in [-0.05, 0) is 53.8 Å². The van der Waals surface area contributed by atoms with Crippen LogP contribution in [0.25, 0.3) is 0 Å². The summed E-state index contributed by atoms with van der Waals surface area (Å²) >= 11 is 8.51. The lowest BCUT2D eigenvalue weighted by molar-refractivity contribution is -0.118. The van der Waals surface area contributed by atoms with Crippen LogP contribution in [0, 0.1) is 22.6 Å². The molecule has 0 saturated carbocycles. The standard InChI is InChI=1S/C28H24ClFN6O2S2/c1-28(2)11-20-24(21(37)12-28)23(15-3-5-16(29)6-4-15)19(13-31)25(32)36(20)26-34-35-27(40-26)39-14-22(38)33-18-9-7-17(30)8-10-18/h3-10,23H,11-12,14,32H2,1-2H3,(H,33,38). The lowest BCUT2D eigenvalue weighted by atomic mass is 9.69. The molecule has 0 bridgehead atoms. The Bertz CT molecular complexity index is 1590. The van der Waals surface area contributed by atoms with Gasteiger partial charge in [-0.3, -0.25) is 14.5 Å². The van der Waals surface area contributed by atoms with Gasteiger partial charge in [0, 0.05) is 28.4 Å². The van der Waals surface area contributed by atoms with Crippen molar-refractivity contribution in [2.24, 2.45) is 11.1 Å². The number of halogens is 2. The smallest absolute Gasteiger partial charge is 0.234 e. The van der Waals surface area contributed by atoms with Gasteiger partial charge in [0.15, 0.2) is 10.1 Å². The van der Waals surface area contributed by atoms with Gasteiger partial charge in [0.2, 0.25) is 11.0 Å². The number of hydrogen-bond acceptors (Lipinski definition) is 9. The van der Waals surface area contributed by atoms with Gasteiger partial charge < -0.3 is 11.1 Å². The minimum absolute atomic E-state index is 0.0481. The van der Waals surface area contributed by atoms with E-state index in [0.717, 1.165) is 5.56 Å². The number of thioether (sulfide) groups is 1. The van der Waals surface area contributed by atoms with Crippen LogP contribution in [0.15, 0.2) is 75.5 Å². The molecule has 5 rings (SSSR count). The summed E-state index contributed by atoms with van der Waals surface area (Å²) in [6.45, 7) is 4.04. The van der Waals surface area contributed by atoms with Crippen molar-refractivity contribution in [2.45, 2.75) is 36.9 Å². The monoisotopic (exact) mass is 594 g/mol. The molecule has 40 heavy (non-hydrogen) atoms. The molecule has 1 aromatic heterocycles. The minimum Gasteiger partial charge on any atom is -0.384 e. The highest BCUT2D eigenvalue weighted by atomic mass is 35.5. The van der Waals surface area contributed by atoms with Crippen molar-refractivity contribution in [3.8, 4) is 6.07 Å². The number of Topliss-reactive ketones (excluding diaryl/α,β-unsaturated/α-hetero) is 1. The number of nitriles is 1. The predicted octanol–water partition coefficient (Wildman–Crippen LogP) is 6.00. The maximum Gasteiger partial charge on any atom is 0.234 e. The zero-order valence-electron chi connectivity index (χ0n) is 21.6. The summed E-state index contributed by atoms with van der Waals surface area (Å²) in [6, 6.07) is 14.8. The summed E-state index contributed by atoms with van der Waals surface area (Å²) in [7, 11) is 0. The van der Waals surface area contributed by atoms with Crippen LogP contribution < -0.4 is 16.0 Å². The Balaban J connectivity index is 1.46. The molecule has 204 valence electrons. The summed E-state index contributed by atoms with van der Waals surface area (Å²) in [5.74, 6) is -1.09. The number of nitrogens with two attached hydrogens (primary N) is 1. The molecular weight excluding hydrogens is 571 g/mol. The number of nitrogens with zero attached hydrogens (tertiary/aromatic N) is 4. The SMILES string of the molecule is CC1(C)CC(=O)C2=C(C1)N(c1nnc(SCC(=O)Nc3ccc(F)cc3)s1)C(N)=C(C#N)C2c1ccc(Cl)cc1. The van der Waals surface area contributed by atoms with E-state index in [1.165, 1.54) is 47.4 Å². The van der Waals surface area contributed by atoms with Crippen molar-refractivity contribution < 1.29 is 14.0 Å². The Morgan fingerprint density at radius 3 is 2.60 bits per heavy atom. The summed E-state index contributed by atoms with van der Waals surface area (Å²) in [6.07, 6.45) is 0.877. The number of nitrogens with one attached hydrogen (secondary N) is 1. The van der Waals surface area contributed by atoms with E-state index < -0.39 is 5.92 Å². The quantitative estimate of drug-likeness (QED) is 0.333. The highest BCUT2D eigenvalue weighted by Gasteiger charge is 2.45. The molecule has 2 heterocycles. The van der Waals surface area contributed by atoms with Gasteiger partial charge >= 0.3 is 0 Å². The Morgan fingerprint density at radius 2 is 1.93 bits per heavy atom. The second-order valence-corrected chi connectivity index (χ2v) is 12.8. The first-order chi connectivity index (χ1) is 19.1. The van der Waals surface area contributed by atoms with E-state index in [2.05, 4.69) is 21.6 Å². The van der Waals surface area contributed by atoms with Gasteiger partial charge in [-0.25, -0.2) is 4.39 Å². The number of aromatic nitrogens is 2. The first-order valence-corrected chi connectivity index (χ1v) is 14.5. The molecule has 1 atom stereocenters. The van der Waals surface area contributed by atoms with E-state index in [1.54, 1.807) is 17.0 Å². The predicted molar refractivity (Wildman–Crippen MR) is 154 cm³/mol. The van der Waals surface area contributed by atoms with Crippen molar-refractivity contribution in [3.05, 3.63) is 87.6 Å². The Kier molecular flexibility index (Phi) is 7.68. The molecule has 0 saturated heterocycles. The maximum atomic E-state index is 13.6. The molecule has 3 aromatic rings. The third-order valence-corrected chi connectivity index (χ3v) is 8.92. The second-order valence-electron chi connectivity index (χ2n) is 10.2. The van der Waals surface area contributed by atoms with Gasteiger partial charge in [-0.1, -0.05) is 60.7 Å². The fourth-order valence-corrected chi connectivity index (χ4v) is 6.73. The zero-order valence-corrected chi connectivity index (χ0v) is 24.0. The molecule has 1 amide bonds. The number of carbonyl (C=O) groups is 2. The third kappa shape index (κ3) is 5.61. The van der Waals surface area contributed by atoms with Crippen LogP contribution in [0.2, 0.25) is 5.02 Å². The highest BCUT2D eigenvalue weighted by molar-refractivity contribution is 8.01. The fraction of sp³-hybridized carbons (Fsp3) is 0.250. The average molecular weight is 595 g/mol. The number of benzene rings is 2. The normalized spacial score (nSPS) is 18.4. The average Bonchev–Trinajstić information content (AvgIpc) is 3.36. The number of anilines is 2. The molecule has 12 heteroatoms. The molecular formula is C28H24ClFN6O2S2. The molecule has 1 aliphatic heterocycles. The Hall–Kier alpha value is -3.72. The third-order valence-electron chi connectivity index (χ3n) is 6.63. The molecule has 1 unspecified atom stereocenters. The molecule has 0 radical (unpaired) electrons. The Labute approximate surface area is 243 Å². The van der Waals surface area contributed by atoms with Gasteiger partial charge in [0.05, 0.1) is 23.3 Å². The number of allylic oxidation sites excluding steroid dienone is 3. The van der Waals surface area contributed by atoms with Crippen molar-refractivity contribution in [1.82, 2.24) is 10.2 Å². The maximum absolute atomic E-state index is 13.6. The topological polar surface area (TPSA) is 125 Å². The minimum atomic E-state index is -0.617. The lowest BCUT2D eigenvalue weighted by Gasteiger charge is -2.42. The van der Waals surface area contributed by atoms with Crippen LogP contribution in [0.1, 0.15) is 38.2 Å². The van der Waals surface area contributed by atoms with Crippen LogP contribution in [-0.2, 0) is 9.59 Å². The second kappa shape index (κ2) is 11.0. The molecule has 1 aliphatic carbocycles. The van der Waals surface area contributed by atoms with E-state index in [0.29, 0.717) is 44.3 Å². The van der Waals surface area contributed by atoms with Crippen LogP contribution in [0.4, 0.5) is 15.2 Å². The van der Waals surface area contributed by atoms with Crippen LogP contribution in [0.5, 0.6) is 0 Å². The van der Waals surface area contributed by atoms with E-state index in [-0.39, 0.29) is 40.1 Å². The molecule has 2 aromatic carbocycles. The molecule has 2 aliphatic rings. The number of hydrogen-bond donors (Lipinski definition) is 2. The number of amides is 1. The van der Waals surface area contributed by atoms with E-state index in [9.17, 15) is 19.2 Å². The molecule has 8 nitrogen and oxygen atoms in total. The summed E-state index contributed by atoms with van der Waals surface area (Å²) in [5, 5.41) is 22.4. The van der Waals surface area contributed by atoms with Crippen molar-refractivity contribution >= 4 is 57.2 Å². The zero-order chi connectivity index (χ0) is 28.6.